The van der Waals surface area contributed by atoms with Crippen molar-refractivity contribution in [3.63, 3.8) is 0 Å². The number of hydrogen-bond acceptors (Lipinski definition) is 1. The number of pyridine rings is 1. The number of benzene rings is 2. The van der Waals surface area contributed by atoms with Gasteiger partial charge in [-0.1, -0.05) is 52.3 Å². The summed E-state index contributed by atoms with van der Waals surface area (Å²) in [5, 5.41) is 1.19. The van der Waals surface area contributed by atoms with Crippen LogP contribution >= 0.6 is 38.5 Å². The summed E-state index contributed by atoms with van der Waals surface area (Å²) >= 11 is 6.09. The van der Waals surface area contributed by atoms with Gasteiger partial charge in [0.05, 0.1) is 5.52 Å². The van der Waals surface area contributed by atoms with Crippen LogP contribution in [0.15, 0.2) is 60.7 Å². The van der Waals surface area contributed by atoms with Gasteiger partial charge in [-0.2, -0.15) is 0 Å². The summed E-state index contributed by atoms with van der Waals surface area (Å²) in [5.74, 6) is 0. The van der Waals surface area contributed by atoms with Crippen LogP contribution in [0.25, 0.3) is 10.9 Å². The van der Waals surface area contributed by atoms with E-state index >= 15 is 0 Å². The Morgan fingerprint density at radius 2 is 1.70 bits per heavy atom. The molecule has 1 aromatic heterocycles. The second kappa shape index (κ2) is 6.22. The minimum atomic E-state index is 0.299. The molecule has 0 saturated heterocycles. The highest BCUT2D eigenvalue weighted by Gasteiger charge is 2.09. The van der Waals surface area contributed by atoms with Crippen LogP contribution in [0.3, 0.4) is 0 Å². The molecule has 1 heterocycles. The lowest BCUT2D eigenvalue weighted by Gasteiger charge is -2.10. The Hall–Kier alpha value is -0.940. The Kier molecular flexibility index (Phi) is 4.36. The van der Waals surface area contributed by atoms with Gasteiger partial charge in [0.2, 0.25) is 0 Å². The van der Waals surface area contributed by atoms with Gasteiger partial charge in [-0.25, -0.2) is 0 Å². The molecular formula is C17H13BrIN. The molecule has 0 fully saturated rings. The first-order chi connectivity index (χ1) is 9.72. The van der Waals surface area contributed by atoms with Gasteiger partial charge in [-0.3, -0.25) is 4.98 Å². The van der Waals surface area contributed by atoms with Gasteiger partial charge in [-0.15, -0.1) is 0 Å². The van der Waals surface area contributed by atoms with Gasteiger partial charge in [0, 0.05) is 25.9 Å². The number of nitrogens with zero attached hydrogens (tertiary/aromatic N) is 1. The van der Waals surface area contributed by atoms with Crippen molar-refractivity contribution in [3.8, 4) is 0 Å². The van der Waals surface area contributed by atoms with Crippen molar-refractivity contribution in [2.45, 2.75) is 11.2 Å². The second-order valence-electron chi connectivity index (χ2n) is 4.72. The maximum absolute atomic E-state index is 4.73. The first-order valence-corrected chi connectivity index (χ1v) is 8.46. The highest BCUT2D eigenvalue weighted by atomic mass is 127. The number of aromatic nitrogens is 1. The Morgan fingerprint density at radius 3 is 2.50 bits per heavy atom. The van der Waals surface area contributed by atoms with E-state index in [4.69, 9.17) is 4.98 Å². The van der Waals surface area contributed by atoms with Gasteiger partial charge in [0.25, 0.3) is 0 Å². The third-order valence-corrected chi connectivity index (χ3v) is 4.85. The van der Waals surface area contributed by atoms with Gasteiger partial charge in [0.1, 0.15) is 0 Å². The van der Waals surface area contributed by atoms with Crippen molar-refractivity contribution in [1.29, 1.82) is 0 Å². The van der Waals surface area contributed by atoms with Crippen molar-refractivity contribution < 1.29 is 0 Å². The van der Waals surface area contributed by atoms with Crippen molar-refractivity contribution >= 4 is 49.4 Å². The summed E-state index contributed by atoms with van der Waals surface area (Å²) in [4.78, 5) is 5.03. The second-order valence-corrected chi connectivity index (χ2v) is 7.07. The lowest BCUT2D eigenvalue weighted by atomic mass is 10.1. The van der Waals surface area contributed by atoms with Crippen LogP contribution in [-0.4, -0.2) is 4.98 Å². The molecule has 1 nitrogen and oxygen atoms in total. The highest BCUT2D eigenvalue weighted by molar-refractivity contribution is 14.1. The largest absolute Gasteiger partial charge is 0.253 e. The fourth-order valence-corrected chi connectivity index (χ4v) is 3.19. The van der Waals surface area contributed by atoms with Crippen LogP contribution in [0.1, 0.15) is 16.1 Å². The highest BCUT2D eigenvalue weighted by Crippen LogP contribution is 2.27. The summed E-state index contributed by atoms with van der Waals surface area (Å²) in [6.45, 7) is 0. The quantitative estimate of drug-likeness (QED) is 0.388. The van der Waals surface area contributed by atoms with E-state index in [0.717, 1.165) is 17.6 Å². The molecule has 3 aromatic rings. The first-order valence-electron chi connectivity index (χ1n) is 6.46. The molecular weight excluding hydrogens is 425 g/mol. The molecule has 0 aliphatic rings. The number of fused-ring (bicyclic) bond motifs is 1. The SMILES string of the molecule is BrC(Cc1ccc2ccccc2n1)c1ccc(I)cc1. The molecule has 100 valence electrons. The van der Waals surface area contributed by atoms with E-state index in [1.807, 2.05) is 12.1 Å². The Labute approximate surface area is 140 Å². The van der Waals surface area contributed by atoms with E-state index < -0.39 is 0 Å². The molecule has 20 heavy (non-hydrogen) atoms. The fourth-order valence-electron chi connectivity index (χ4n) is 2.19. The maximum Gasteiger partial charge on any atom is 0.0705 e. The Bertz CT molecular complexity index is 724. The van der Waals surface area contributed by atoms with E-state index in [2.05, 4.69) is 87.1 Å². The number of para-hydroxylation sites is 1. The summed E-state index contributed by atoms with van der Waals surface area (Å²) in [6.07, 6.45) is 0.894. The summed E-state index contributed by atoms with van der Waals surface area (Å²) < 4.78 is 1.26. The molecule has 1 unspecified atom stereocenters. The molecule has 0 aliphatic heterocycles. The average molecular weight is 438 g/mol. The van der Waals surface area contributed by atoms with Crippen LogP contribution in [0.5, 0.6) is 0 Å². The number of alkyl halides is 1. The van der Waals surface area contributed by atoms with Gasteiger partial charge in [-0.05, 0) is 52.4 Å². The third-order valence-electron chi connectivity index (χ3n) is 3.28. The van der Waals surface area contributed by atoms with Crippen molar-refractivity contribution in [3.05, 3.63) is 75.5 Å². The number of rotatable bonds is 3. The predicted octanol–water partition coefficient (Wildman–Crippen LogP) is 5.52. The van der Waals surface area contributed by atoms with Crippen LogP contribution < -0.4 is 0 Å². The lowest BCUT2D eigenvalue weighted by molar-refractivity contribution is 0.913. The molecule has 3 rings (SSSR count). The van der Waals surface area contributed by atoms with Crippen LogP contribution in [0.2, 0.25) is 0 Å². The molecule has 0 N–H and O–H groups in total. The van der Waals surface area contributed by atoms with E-state index in [0.29, 0.717) is 4.83 Å². The normalized spacial score (nSPS) is 12.5. The van der Waals surface area contributed by atoms with E-state index in [9.17, 15) is 0 Å². The molecule has 0 aliphatic carbocycles. The molecule has 0 bridgehead atoms. The minimum absolute atomic E-state index is 0.299. The van der Waals surface area contributed by atoms with Gasteiger partial charge < -0.3 is 0 Å². The molecule has 0 radical (unpaired) electrons. The number of halogens is 2. The Balaban J connectivity index is 1.83. The molecule has 0 saturated carbocycles. The first kappa shape index (κ1) is 14.0. The molecule has 3 heteroatoms. The van der Waals surface area contributed by atoms with Crippen LogP contribution in [-0.2, 0) is 6.42 Å². The molecule has 0 spiro atoms. The lowest BCUT2D eigenvalue weighted by Crippen LogP contribution is -1.98. The maximum atomic E-state index is 4.73. The molecule has 0 amide bonds. The monoisotopic (exact) mass is 437 g/mol. The zero-order chi connectivity index (χ0) is 13.9. The van der Waals surface area contributed by atoms with Gasteiger partial charge in [0.15, 0.2) is 0 Å². The summed E-state index contributed by atoms with van der Waals surface area (Å²) in [7, 11) is 0. The summed E-state index contributed by atoms with van der Waals surface area (Å²) in [6, 6.07) is 21.1. The van der Waals surface area contributed by atoms with Crippen molar-refractivity contribution in [1.82, 2.24) is 4.98 Å². The molecule has 2 aromatic carbocycles. The zero-order valence-electron chi connectivity index (χ0n) is 10.8. The van der Waals surface area contributed by atoms with Crippen molar-refractivity contribution in [2.75, 3.05) is 0 Å². The third kappa shape index (κ3) is 3.20. The van der Waals surface area contributed by atoms with E-state index in [-0.39, 0.29) is 0 Å². The van der Waals surface area contributed by atoms with Crippen LogP contribution in [0.4, 0.5) is 0 Å². The zero-order valence-corrected chi connectivity index (χ0v) is 14.5. The van der Waals surface area contributed by atoms with Crippen molar-refractivity contribution in [2.24, 2.45) is 0 Å². The van der Waals surface area contributed by atoms with Gasteiger partial charge >= 0.3 is 0 Å². The topological polar surface area (TPSA) is 12.9 Å². The summed E-state index contributed by atoms with van der Waals surface area (Å²) in [5.41, 5.74) is 3.47. The number of hydrogen-bond donors (Lipinski definition) is 0. The van der Waals surface area contributed by atoms with E-state index in [1.54, 1.807) is 0 Å². The predicted molar refractivity (Wildman–Crippen MR) is 96.3 cm³/mol. The standard InChI is InChI=1S/C17H13BrIN/c18-16(12-5-8-14(19)9-6-12)11-15-10-7-13-3-1-2-4-17(13)20-15/h1-10,16H,11H2. The fraction of sp³-hybridized carbons (Fsp3) is 0.118. The van der Waals surface area contributed by atoms with E-state index in [1.165, 1.54) is 14.5 Å². The smallest absolute Gasteiger partial charge is 0.0705 e. The average Bonchev–Trinajstić information content (AvgIpc) is 2.48. The minimum Gasteiger partial charge on any atom is -0.253 e. The Morgan fingerprint density at radius 1 is 0.950 bits per heavy atom. The molecule has 1 atom stereocenters. The van der Waals surface area contributed by atoms with Crippen LogP contribution in [0, 0.1) is 3.57 Å².